The van der Waals surface area contributed by atoms with E-state index in [1.807, 2.05) is 0 Å². The van der Waals surface area contributed by atoms with Crippen molar-refractivity contribution in [2.45, 2.75) is 47.0 Å². The lowest BCUT2D eigenvalue weighted by Crippen LogP contribution is -2.18. The fourth-order valence-corrected chi connectivity index (χ4v) is 2.20. The predicted molar refractivity (Wildman–Crippen MR) is 59.4 cm³/mol. The van der Waals surface area contributed by atoms with E-state index < -0.39 is 0 Å². The van der Waals surface area contributed by atoms with Gasteiger partial charge in [-0.1, -0.05) is 38.5 Å². The van der Waals surface area contributed by atoms with Crippen LogP contribution in [0.2, 0.25) is 0 Å². The van der Waals surface area contributed by atoms with Crippen molar-refractivity contribution in [3.05, 3.63) is 29.7 Å². The number of rotatable bonds is 2. The molecule has 1 radical (unpaired) electrons. The summed E-state index contributed by atoms with van der Waals surface area (Å²) in [7, 11) is 0. The van der Waals surface area contributed by atoms with Crippen LogP contribution in [0.5, 0.6) is 0 Å². The van der Waals surface area contributed by atoms with E-state index >= 15 is 0 Å². The lowest BCUT2D eigenvalue weighted by Gasteiger charge is -2.32. The van der Waals surface area contributed by atoms with Crippen LogP contribution in [-0.2, 0) is 0 Å². The maximum absolute atomic E-state index is 2.35. The molecule has 0 heterocycles. The van der Waals surface area contributed by atoms with Gasteiger partial charge in [0.1, 0.15) is 0 Å². The maximum Gasteiger partial charge on any atom is -0.0104 e. The molecule has 0 bridgehead atoms. The van der Waals surface area contributed by atoms with Gasteiger partial charge in [0.05, 0.1) is 0 Å². The Labute approximate surface area is 82.7 Å². The van der Waals surface area contributed by atoms with Crippen LogP contribution in [0.3, 0.4) is 0 Å². The molecule has 0 saturated carbocycles. The molecule has 0 aromatic carbocycles. The van der Waals surface area contributed by atoms with Crippen LogP contribution in [-0.4, -0.2) is 0 Å². The van der Waals surface area contributed by atoms with Crippen LogP contribution < -0.4 is 0 Å². The van der Waals surface area contributed by atoms with E-state index in [-0.39, 0.29) is 0 Å². The number of hydrogen-bond donors (Lipinski definition) is 0. The van der Waals surface area contributed by atoms with Crippen molar-refractivity contribution < 1.29 is 0 Å². The number of allylic oxidation sites excluding steroid dienone is 4. The molecule has 0 unspecified atom stereocenters. The Morgan fingerprint density at radius 3 is 2.54 bits per heavy atom. The minimum Gasteiger partial charge on any atom is -0.0808 e. The molecule has 0 heteroatoms. The van der Waals surface area contributed by atoms with Crippen LogP contribution in [0.25, 0.3) is 0 Å². The fraction of sp³-hybridized carbons (Fsp3) is 0.615. The van der Waals surface area contributed by atoms with Gasteiger partial charge in [-0.15, -0.1) is 0 Å². The molecule has 1 rings (SSSR count). The third kappa shape index (κ3) is 2.46. The first-order chi connectivity index (χ1) is 6.08. The van der Waals surface area contributed by atoms with Gasteiger partial charge >= 0.3 is 0 Å². The van der Waals surface area contributed by atoms with E-state index in [1.54, 1.807) is 11.1 Å². The largest absolute Gasteiger partial charge is 0.0808 e. The first kappa shape index (κ1) is 10.6. The van der Waals surface area contributed by atoms with Gasteiger partial charge in [0, 0.05) is 0 Å². The molecule has 0 amide bonds. The van der Waals surface area contributed by atoms with E-state index in [2.05, 4.69) is 46.3 Å². The Morgan fingerprint density at radius 2 is 2.00 bits per heavy atom. The van der Waals surface area contributed by atoms with E-state index in [1.165, 1.54) is 19.3 Å². The highest BCUT2D eigenvalue weighted by atomic mass is 14.3. The molecule has 1 aliphatic rings. The zero-order chi connectivity index (χ0) is 9.90. The molecule has 0 saturated heterocycles. The summed E-state index contributed by atoms with van der Waals surface area (Å²) >= 11 is 0. The molecule has 0 spiro atoms. The minimum atomic E-state index is 0.391. The quantitative estimate of drug-likeness (QED) is 0.590. The van der Waals surface area contributed by atoms with Crippen molar-refractivity contribution in [1.29, 1.82) is 0 Å². The van der Waals surface area contributed by atoms with Gasteiger partial charge in [-0.2, -0.15) is 0 Å². The van der Waals surface area contributed by atoms with Crippen LogP contribution in [0, 0.1) is 11.8 Å². The monoisotopic (exact) mass is 177 g/mol. The highest BCUT2D eigenvalue weighted by molar-refractivity contribution is 5.33. The van der Waals surface area contributed by atoms with E-state index in [0.717, 1.165) is 0 Å². The van der Waals surface area contributed by atoms with Crippen molar-refractivity contribution in [3.8, 4) is 0 Å². The van der Waals surface area contributed by atoms with Crippen LogP contribution >= 0.6 is 0 Å². The second-order valence-corrected chi connectivity index (χ2v) is 4.62. The topological polar surface area (TPSA) is 0 Å². The normalized spacial score (nSPS) is 22.8. The molecule has 73 valence electrons. The van der Waals surface area contributed by atoms with Crippen molar-refractivity contribution in [2.75, 3.05) is 0 Å². The number of hydrogen-bond acceptors (Lipinski definition) is 0. The summed E-state index contributed by atoms with van der Waals surface area (Å²) in [6, 6.07) is 0. The second kappa shape index (κ2) is 4.13. The van der Waals surface area contributed by atoms with Crippen LogP contribution in [0.4, 0.5) is 0 Å². The Kier molecular flexibility index (Phi) is 3.35. The van der Waals surface area contributed by atoms with Gasteiger partial charge < -0.3 is 0 Å². The van der Waals surface area contributed by atoms with Gasteiger partial charge in [0.25, 0.3) is 0 Å². The maximum atomic E-state index is 2.35. The molecule has 0 aromatic rings. The molecule has 0 atom stereocenters. The zero-order valence-electron chi connectivity index (χ0n) is 9.35. The zero-order valence-corrected chi connectivity index (χ0v) is 9.35. The Morgan fingerprint density at radius 1 is 1.31 bits per heavy atom. The van der Waals surface area contributed by atoms with Gasteiger partial charge in [-0.05, 0) is 43.6 Å². The average Bonchev–Trinajstić information content (AvgIpc) is 2.02. The first-order valence-corrected chi connectivity index (χ1v) is 5.24. The third-order valence-corrected chi connectivity index (χ3v) is 3.00. The van der Waals surface area contributed by atoms with Gasteiger partial charge in [0.15, 0.2) is 0 Å². The Hall–Kier alpha value is -0.520. The summed E-state index contributed by atoms with van der Waals surface area (Å²) in [6.45, 7) is 9.05. The van der Waals surface area contributed by atoms with Crippen molar-refractivity contribution in [3.63, 3.8) is 0 Å². The smallest absolute Gasteiger partial charge is 0.0104 e. The lowest BCUT2D eigenvalue weighted by atomic mass is 9.72. The second-order valence-electron chi connectivity index (χ2n) is 4.62. The molecule has 0 fully saturated rings. The van der Waals surface area contributed by atoms with Crippen molar-refractivity contribution >= 4 is 0 Å². The standard InChI is InChI=1S/C13H21/c1-5-6-9-12-11(2)8-7-10-13(12,3)4/h5-6,9H,7-8,10H2,1-4H3/b9-6+. The highest BCUT2D eigenvalue weighted by Crippen LogP contribution is 2.40. The van der Waals surface area contributed by atoms with Crippen LogP contribution in [0.1, 0.15) is 47.0 Å². The van der Waals surface area contributed by atoms with Crippen molar-refractivity contribution in [1.82, 2.24) is 0 Å². The van der Waals surface area contributed by atoms with E-state index in [0.29, 0.717) is 5.41 Å². The molecule has 0 nitrogen and oxygen atoms in total. The molecular formula is C13H21. The van der Waals surface area contributed by atoms with Crippen LogP contribution in [0.15, 0.2) is 23.3 Å². The summed E-state index contributed by atoms with van der Waals surface area (Å²) in [5.41, 5.74) is 3.52. The van der Waals surface area contributed by atoms with Gasteiger partial charge in [-0.25, -0.2) is 0 Å². The minimum absolute atomic E-state index is 0.391. The molecule has 0 aliphatic heterocycles. The SMILES string of the molecule is C[CH]/C=C/C1=C(C)CCCC1(C)C. The molecule has 1 aliphatic carbocycles. The molecule has 0 N–H and O–H groups in total. The summed E-state index contributed by atoms with van der Waals surface area (Å²) in [5.74, 6) is 0. The highest BCUT2D eigenvalue weighted by Gasteiger charge is 2.26. The van der Waals surface area contributed by atoms with Crippen molar-refractivity contribution in [2.24, 2.45) is 5.41 Å². The lowest BCUT2D eigenvalue weighted by molar-refractivity contribution is 0.377. The van der Waals surface area contributed by atoms with Gasteiger partial charge in [0.2, 0.25) is 0 Å². The average molecular weight is 177 g/mol. The first-order valence-electron chi connectivity index (χ1n) is 5.24. The molecule has 13 heavy (non-hydrogen) atoms. The molecule has 0 aromatic heterocycles. The summed E-state index contributed by atoms with van der Waals surface area (Å²) in [4.78, 5) is 0. The summed E-state index contributed by atoms with van der Waals surface area (Å²) in [6.07, 6.45) is 10.5. The Bertz CT molecular complexity index is 228. The molecular weight excluding hydrogens is 156 g/mol. The van der Waals surface area contributed by atoms with Gasteiger partial charge in [-0.3, -0.25) is 0 Å². The fourth-order valence-electron chi connectivity index (χ4n) is 2.20. The third-order valence-electron chi connectivity index (χ3n) is 3.00. The van der Waals surface area contributed by atoms with E-state index in [4.69, 9.17) is 0 Å². The Balaban J connectivity index is 2.91. The summed E-state index contributed by atoms with van der Waals surface area (Å²) in [5, 5.41) is 0. The predicted octanol–water partition coefficient (Wildman–Crippen LogP) is 4.29. The van der Waals surface area contributed by atoms with E-state index in [9.17, 15) is 0 Å². The summed E-state index contributed by atoms with van der Waals surface area (Å²) < 4.78 is 0.